The van der Waals surface area contributed by atoms with Gasteiger partial charge in [-0.1, -0.05) is 17.7 Å². The first-order valence-corrected chi connectivity index (χ1v) is 11.5. The molecule has 4 rings (SSSR count). The molecule has 0 amide bonds. The standard InChI is InChI=1S/C12H8BrClN2S2.C6H14N2/c13-8-6-18-12-9(4-10(14)16-11(8)12)15-5-7-2-1-3-17-7;7-6-2-1-4-8-5-3-6/h1-4,6H,5H2,(H,15,16);6,8H,1-5,7H2/t;6-/m.1/s1. The normalized spacial score (nSPS) is 17.4. The molecule has 1 aliphatic heterocycles. The van der Waals surface area contributed by atoms with E-state index < -0.39 is 0 Å². The third-order valence-corrected chi connectivity index (χ3v) is 7.08. The number of anilines is 1. The maximum Gasteiger partial charge on any atom is 0.131 e. The van der Waals surface area contributed by atoms with Crippen molar-refractivity contribution < 1.29 is 0 Å². The zero-order valence-electron chi connectivity index (χ0n) is 14.3. The summed E-state index contributed by atoms with van der Waals surface area (Å²) in [5, 5.41) is 11.3. The molecular formula is C18H22BrClN4S2. The van der Waals surface area contributed by atoms with E-state index in [1.807, 2.05) is 11.4 Å². The lowest BCUT2D eigenvalue weighted by Gasteiger charge is -2.06. The summed E-state index contributed by atoms with van der Waals surface area (Å²) in [6.07, 6.45) is 3.61. The summed E-state index contributed by atoms with van der Waals surface area (Å²) >= 11 is 12.9. The van der Waals surface area contributed by atoms with Crippen LogP contribution in [0.2, 0.25) is 5.15 Å². The largest absolute Gasteiger partial charge is 0.379 e. The molecule has 0 bridgehead atoms. The Morgan fingerprint density at radius 2 is 2.23 bits per heavy atom. The minimum atomic E-state index is 0.463. The van der Waals surface area contributed by atoms with E-state index in [4.69, 9.17) is 17.3 Å². The van der Waals surface area contributed by atoms with Crippen LogP contribution in [0.3, 0.4) is 0 Å². The van der Waals surface area contributed by atoms with Crippen LogP contribution in [0.4, 0.5) is 5.69 Å². The fourth-order valence-corrected chi connectivity index (χ4v) is 5.12. The summed E-state index contributed by atoms with van der Waals surface area (Å²) in [6, 6.07) is 6.51. The number of nitrogens with two attached hydrogens (primary N) is 1. The molecule has 0 aliphatic carbocycles. The summed E-state index contributed by atoms with van der Waals surface area (Å²) in [5.41, 5.74) is 7.65. The van der Waals surface area contributed by atoms with Gasteiger partial charge in [0.25, 0.3) is 0 Å². The van der Waals surface area contributed by atoms with E-state index in [1.165, 1.54) is 17.7 Å². The second-order valence-corrected chi connectivity index (χ2v) is 9.28. The number of nitrogens with zero attached hydrogens (tertiary/aromatic N) is 1. The summed E-state index contributed by atoms with van der Waals surface area (Å²) in [5.74, 6) is 0. The molecule has 1 fully saturated rings. The fourth-order valence-electron chi connectivity index (χ4n) is 2.72. The van der Waals surface area contributed by atoms with E-state index in [-0.39, 0.29) is 0 Å². The second kappa shape index (κ2) is 10.0. The molecule has 3 aromatic heterocycles. The Balaban J connectivity index is 0.000000206. The van der Waals surface area contributed by atoms with E-state index in [9.17, 15) is 0 Å². The van der Waals surface area contributed by atoms with Crippen LogP contribution < -0.4 is 16.4 Å². The van der Waals surface area contributed by atoms with Gasteiger partial charge in [0.05, 0.1) is 20.4 Å². The van der Waals surface area contributed by atoms with Gasteiger partial charge in [0.15, 0.2) is 0 Å². The van der Waals surface area contributed by atoms with Gasteiger partial charge in [-0.2, -0.15) is 0 Å². The van der Waals surface area contributed by atoms with Crippen LogP contribution in [0.25, 0.3) is 10.2 Å². The van der Waals surface area contributed by atoms with Crippen molar-refractivity contribution in [2.75, 3.05) is 18.4 Å². The lowest BCUT2D eigenvalue weighted by Crippen LogP contribution is -2.21. The van der Waals surface area contributed by atoms with E-state index in [2.05, 4.69) is 49.1 Å². The van der Waals surface area contributed by atoms with E-state index in [0.29, 0.717) is 11.2 Å². The molecule has 26 heavy (non-hydrogen) atoms. The molecule has 4 nitrogen and oxygen atoms in total. The maximum atomic E-state index is 6.05. The summed E-state index contributed by atoms with van der Waals surface area (Å²) in [6.45, 7) is 3.08. The van der Waals surface area contributed by atoms with Crippen molar-refractivity contribution in [3.05, 3.63) is 43.5 Å². The molecule has 0 spiro atoms. The maximum absolute atomic E-state index is 6.05. The molecular weight excluding hydrogens is 452 g/mol. The van der Waals surface area contributed by atoms with Crippen LogP contribution in [0.1, 0.15) is 24.1 Å². The highest BCUT2D eigenvalue weighted by Crippen LogP contribution is 2.35. The highest BCUT2D eigenvalue weighted by Gasteiger charge is 2.10. The van der Waals surface area contributed by atoms with E-state index >= 15 is 0 Å². The SMILES string of the molecule is Clc1cc(NCc2cccs2)c2scc(Br)c2n1.N[C@@H]1CCCNCC1. The Morgan fingerprint density at radius 1 is 1.35 bits per heavy atom. The molecule has 0 aromatic carbocycles. The summed E-state index contributed by atoms with van der Waals surface area (Å²) in [4.78, 5) is 5.63. The van der Waals surface area contributed by atoms with Crippen molar-refractivity contribution in [3.8, 4) is 0 Å². The average molecular weight is 474 g/mol. The van der Waals surface area contributed by atoms with E-state index in [1.54, 1.807) is 22.7 Å². The van der Waals surface area contributed by atoms with Crippen LogP contribution in [0.5, 0.6) is 0 Å². The van der Waals surface area contributed by atoms with Crippen molar-refractivity contribution in [1.82, 2.24) is 10.3 Å². The number of fused-ring (bicyclic) bond motifs is 1. The van der Waals surface area contributed by atoms with Gasteiger partial charge >= 0.3 is 0 Å². The zero-order valence-corrected chi connectivity index (χ0v) is 18.3. The molecule has 140 valence electrons. The van der Waals surface area contributed by atoms with Crippen LogP contribution in [0.15, 0.2) is 33.4 Å². The van der Waals surface area contributed by atoms with Crippen LogP contribution in [-0.2, 0) is 6.54 Å². The number of aromatic nitrogens is 1. The zero-order chi connectivity index (χ0) is 18.4. The third kappa shape index (κ3) is 5.65. The highest BCUT2D eigenvalue weighted by atomic mass is 79.9. The highest BCUT2D eigenvalue weighted by molar-refractivity contribution is 9.10. The van der Waals surface area contributed by atoms with Gasteiger partial charge in [0, 0.05) is 28.9 Å². The van der Waals surface area contributed by atoms with Crippen LogP contribution in [-0.4, -0.2) is 24.1 Å². The number of thiophene rings is 2. The second-order valence-electron chi connectivity index (χ2n) is 6.13. The van der Waals surface area contributed by atoms with Gasteiger partial charge in [-0.15, -0.1) is 22.7 Å². The van der Waals surface area contributed by atoms with Gasteiger partial charge in [-0.3, -0.25) is 0 Å². The quantitative estimate of drug-likeness (QED) is 0.441. The van der Waals surface area contributed by atoms with Crippen molar-refractivity contribution in [2.24, 2.45) is 5.73 Å². The third-order valence-electron chi connectivity index (χ3n) is 4.10. The van der Waals surface area contributed by atoms with Gasteiger partial charge in [0.2, 0.25) is 0 Å². The number of hydrogen-bond donors (Lipinski definition) is 3. The van der Waals surface area contributed by atoms with Crippen molar-refractivity contribution in [2.45, 2.75) is 31.8 Å². The van der Waals surface area contributed by atoms with Crippen molar-refractivity contribution in [3.63, 3.8) is 0 Å². The Labute approximate surface area is 175 Å². The predicted octanol–water partition coefficient (Wildman–Crippen LogP) is 5.47. The lowest BCUT2D eigenvalue weighted by molar-refractivity contribution is 0.599. The molecule has 1 aliphatic rings. The smallest absolute Gasteiger partial charge is 0.131 e. The first kappa shape index (κ1) is 20.0. The number of hydrogen-bond acceptors (Lipinski definition) is 6. The van der Waals surface area contributed by atoms with E-state index in [0.717, 1.165) is 46.4 Å². The molecule has 0 saturated carbocycles. The van der Waals surface area contributed by atoms with Gasteiger partial charge < -0.3 is 16.4 Å². The minimum Gasteiger partial charge on any atom is -0.379 e. The summed E-state index contributed by atoms with van der Waals surface area (Å²) in [7, 11) is 0. The van der Waals surface area contributed by atoms with Crippen molar-refractivity contribution in [1.29, 1.82) is 0 Å². The van der Waals surface area contributed by atoms with Gasteiger partial charge in [-0.25, -0.2) is 4.98 Å². The molecule has 4 heterocycles. The van der Waals surface area contributed by atoms with Gasteiger partial charge in [0.1, 0.15) is 5.15 Å². The first-order valence-electron chi connectivity index (χ1n) is 8.59. The van der Waals surface area contributed by atoms with Crippen LogP contribution in [0, 0.1) is 0 Å². The number of nitrogens with one attached hydrogen (secondary N) is 2. The Bertz CT molecular complexity index is 814. The molecule has 4 N–H and O–H groups in total. The van der Waals surface area contributed by atoms with Crippen molar-refractivity contribution >= 4 is 66.1 Å². The average Bonchev–Trinajstić information content (AvgIpc) is 3.20. The fraction of sp³-hybridized carbons (Fsp3) is 0.389. The number of rotatable bonds is 3. The van der Waals surface area contributed by atoms with Gasteiger partial charge in [-0.05, 0) is 59.7 Å². The first-order chi connectivity index (χ1) is 12.6. The topological polar surface area (TPSA) is 63.0 Å². The molecule has 3 aromatic rings. The molecule has 1 saturated heterocycles. The number of halogens is 2. The summed E-state index contributed by atoms with van der Waals surface area (Å²) < 4.78 is 2.12. The Hall–Kier alpha value is -0.700. The number of pyridine rings is 1. The minimum absolute atomic E-state index is 0.463. The Morgan fingerprint density at radius 3 is 3.04 bits per heavy atom. The van der Waals surface area contributed by atoms with Crippen LogP contribution >= 0.6 is 50.2 Å². The Kier molecular flexibility index (Phi) is 7.72. The lowest BCUT2D eigenvalue weighted by atomic mass is 10.1. The molecule has 0 radical (unpaired) electrons. The molecule has 8 heteroatoms. The predicted molar refractivity (Wildman–Crippen MR) is 119 cm³/mol. The molecule has 1 atom stereocenters. The molecule has 0 unspecified atom stereocenters. The monoisotopic (exact) mass is 472 g/mol.